The Morgan fingerprint density at radius 2 is 1.77 bits per heavy atom. The number of amides is 1. The molecule has 0 aliphatic rings. The highest BCUT2D eigenvalue weighted by atomic mass is 32.2. The smallest absolute Gasteiger partial charge is 0.261 e. The van der Waals surface area contributed by atoms with Crippen molar-refractivity contribution in [3.63, 3.8) is 0 Å². The first kappa shape index (κ1) is 21.2. The number of carbonyl (C=O) groups is 1. The van der Waals surface area contributed by atoms with Gasteiger partial charge in [-0.3, -0.25) is 9.52 Å². The zero-order valence-electron chi connectivity index (χ0n) is 16.5. The van der Waals surface area contributed by atoms with Crippen LogP contribution < -0.4 is 14.8 Å². The van der Waals surface area contributed by atoms with E-state index in [1.165, 1.54) is 30.3 Å². The van der Waals surface area contributed by atoms with E-state index in [-0.39, 0.29) is 21.9 Å². The zero-order valence-corrected chi connectivity index (χ0v) is 17.4. The van der Waals surface area contributed by atoms with Crippen LogP contribution in [0.2, 0.25) is 0 Å². The second kappa shape index (κ2) is 8.87. The Kier molecular flexibility index (Phi) is 6.27. The number of aromatic hydroxyl groups is 1. The second-order valence-corrected chi connectivity index (χ2v) is 8.25. The van der Waals surface area contributed by atoms with Gasteiger partial charge in [-0.15, -0.1) is 0 Å². The average molecular weight is 426 g/mol. The maximum absolute atomic E-state index is 12.7. The number of phenolic OH excluding ortho intramolecular Hbond substituents is 1. The Labute approximate surface area is 175 Å². The number of hydrogen-bond acceptors (Lipinski definition) is 5. The summed E-state index contributed by atoms with van der Waals surface area (Å²) in [5.74, 6) is 0.0371. The van der Waals surface area contributed by atoms with E-state index in [1.54, 1.807) is 36.4 Å². The van der Waals surface area contributed by atoms with E-state index in [2.05, 4.69) is 10.0 Å². The number of sulfonamides is 1. The molecule has 0 aliphatic carbocycles. The fraction of sp³-hybridized carbons (Fsp3) is 0.136. The van der Waals surface area contributed by atoms with Gasteiger partial charge in [0.15, 0.2) is 0 Å². The summed E-state index contributed by atoms with van der Waals surface area (Å²) in [5, 5.41) is 12.5. The van der Waals surface area contributed by atoms with Crippen LogP contribution in [0.3, 0.4) is 0 Å². The molecular weight excluding hydrogens is 404 g/mol. The predicted octanol–water partition coefficient (Wildman–Crippen LogP) is 4.15. The first-order valence-corrected chi connectivity index (χ1v) is 10.7. The number of ether oxygens (including phenoxy) is 1. The first-order chi connectivity index (χ1) is 14.3. The highest BCUT2D eigenvalue weighted by Crippen LogP contribution is 2.25. The molecule has 0 spiro atoms. The molecule has 0 saturated heterocycles. The van der Waals surface area contributed by atoms with Crippen LogP contribution in [0.5, 0.6) is 11.5 Å². The molecule has 0 bridgehead atoms. The van der Waals surface area contributed by atoms with Crippen LogP contribution in [0.1, 0.15) is 22.8 Å². The van der Waals surface area contributed by atoms with Crippen molar-refractivity contribution in [2.75, 3.05) is 16.6 Å². The van der Waals surface area contributed by atoms with Gasteiger partial charge in [-0.1, -0.05) is 12.1 Å². The summed E-state index contributed by atoms with van der Waals surface area (Å²) in [6.07, 6.45) is 0. The van der Waals surface area contributed by atoms with E-state index in [9.17, 15) is 18.3 Å². The summed E-state index contributed by atoms with van der Waals surface area (Å²) in [5.41, 5.74) is 1.60. The van der Waals surface area contributed by atoms with Crippen molar-refractivity contribution in [2.24, 2.45) is 0 Å². The Morgan fingerprint density at radius 1 is 1.03 bits per heavy atom. The monoisotopic (exact) mass is 426 g/mol. The topological polar surface area (TPSA) is 105 Å². The Bertz CT molecular complexity index is 1160. The van der Waals surface area contributed by atoms with E-state index in [4.69, 9.17) is 4.74 Å². The minimum atomic E-state index is -3.90. The van der Waals surface area contributed by atoms with Crippen LogP contribution in [0.4, 0.5) is 11.4 Å². The molecule has 0 unspecified atom stereocenters. The number of benzene rings is 3. The van der Waals surface area contributed by atoms with Gasteiger partial charge in [0.1, 0.15) is 11.5 Å². The molecule has 30 heavy (non-hydrogen) atoms. The molecule has 3 aromatic carbocycles. The lowest BCUT2D eigenvalue weighted by Gasteiger charge is -2.11. The van der Waals surface area contributed by atoms with Crippen LogP contribution in [-0.4, -0.2) is 26.0 Å². The van der Waals surface area contributed by atoms with E-state index in [0.29, 0.717) is 18.0 Å². The Balaban J connectivity index is 1.78. The van der Waals surface area contributed by atoms with Gasteiger partial charge < -0.3 is 15.2 Å². The molecule has 7 nitrogen and oxygen atoms in total. The molecule has 3 rings (SSSR count). The van der Waals surface area contributed by atoms with Gasteiger partial charge in [0.2, 0.25) is 0 Å². The second-order valence-electron chi connectivity index (χ2n) is 6.57. The van der Waals surface area contributed by atoms with Crippen molar-refractivity contribution >= 4 is 27.3 Å². The number of rotatable bonds is 7. The Hall–Kier alpha value is -3.52. The summed E-state index contributed by atoms with van der Waals surface area (Å²) in [6, 6.07) is 17.0. The minimum absolute atomic E-state index is 0.0582. The van der Waals surface area contributed by atoms with Crippen molar-refractivity contribution in [3.05, 3.63) is 77.9 Å². The van der Waals surface area contributed by atoms with Crippen LogP contribution >= 0.6 is 0 Å². The van der Waals surface area contributed by atoms with Gasteiger partial charge in [-0.25, -0.2) is 8.42 Å². The quantitative estimate of drug-likeness (QED) is 0.492. The number of aryl methyl sites for hydroxylation is 1. The number of hydrogen-bond donors (Lipinski definition) is 3. The lowest BCUT2D eigenvalue weighted by atomic mass is 10.2. The van der Waals surface area contributed by atoms with Crippen LogP contribution in [0, 0.1) is 6.92 Å². The normalized spacial score (nSPS) is 11.0. The average Bonchev–Trinajstić information content (AvgIpc) is 2.71. The van der Waals surface area contributed by atoms with Gasteiger partial charge in [0.25, 0.3) is 15.9 Å². The summed E-state index contributed by atoms with van der Waals surface area (Å²) in [4.78, 5) is 12.5. The van der Waals surface area contributed by atoms with Crippen LogP contribution in [0.15, 0.2) is 71.6 Å². The molecule has 3 aromatic rings. The highest BCUT2D eigenvalue weighted by molar-refractivity contribution is 7.92. The molecule has 8 heteroatoms. The molecule has 0 fully saturated rings. The van der Waals surface area contributed by atoms with Crippen molar-refractivity contribution < 1.29 is 23.1 Å². The standard InChI is InChI=1S/C22H22N2O5S/c1-3-29-18-10-8-17(9-11-18)24-30(27,28)19-6-4-5-16(14-19)22(26)23-20-12-7-15(2)13-21(20)25/h4-14,24-25H,3H2,1-2H3,(H,23,26). The lowest BCUT2D eigenvalue weighted by Crippen LogP contribution is -2.16. The van der Waals surface area contributed by atoms with E-state index < -0.39 is 15.9 Å². The minimum Gasteiger partial charge on any atom is -0.506 e. The predicted molar refractivity (Wildman–Crippen MR) is 116 cm³/mol. The van der Waals surface area contributed by atoms with Crippen LogP contribution in [0.25, 0.3) is 0 Å². The summed E-state index contributed by atoms with van der Waals surface area (Å²) < 4.78 is 33.3. The van der Waals surface area contributed by atoms with Gasteiger partial charge in [-0.2, -0.15) is 0 Å². The fourth-order valence-corrected chi connectivity index (χ4v) is 3.85. The summed E-state index contributed by atoms with van der Waals surface area (Å²) in [7, 11) is -3.90. The van der Waals surface area contributed by atoms with Gasteiger partial charge >= 0.3 is 0 Å². The van der Waals surface area contributed by atoms with Crippen molar-refractivity contribution in [3.8, 4) is 11.5 Å². The van der Waals surface area contributed by atoms with Crippen molar-refractivity contribution in [1.82, 2.24) is 0 Å². The van der Waals surface area contributed by atoms with Gasteiger partial charge in [0, 0.05) is 11.3 Å². The number of nitrogens with one attached hydrogen (secondary N) is 2. The maximum atomic E-state index is 12.7. The molecule has 156 valence electrons. The number of phenols is 1. The summed E-state index contributed by atoms with van der Waals surface area (Å²) >= 11 is 0. The maximum Gasteiger partial charge on any atom is 0.261 e. The lowest BCUT2D eigenvalue weighted by molar-refractivity contribution is 0.102. The van der Waals surface area contributed by atoms with E-state index in [0.717, 1.165) is 5.56 Å². The molecule has 3 N–H and O–H groups in total. The molecule has 0 aliphatic heterocycles. The summed E-state index contributed by atoms with van der Waals surface area (Å²) in [6.45, 7) is 4.19. The molecule has 0 saturated carbocycles. The fourth-order valence-electron chi connectivity index (χ4n) is 2.75. The molecular formula is C22H22N2O5S. The first-order valence-electron chi connectivity index (χ1n) is 9.25. The SMILES string of the molecule is CCOc1ccc(NS(=O)(=O)c2cccc(C(=O)Nc3ccc(C)cc3O)c2)cc1. The van der Waals surface area contributed by atoms with E-state index in [1.807, 2.05) is 13.8 Å². The third kappa shape index (κ3) is 5.09. The largest absolute Gasteiger partial charge is 0.506 e. The molecule has 0 aromatic heterocycles. The third-order valence-corrected chi connectivity index (χ3v) is 5.60. The third-order valence-electron chi connectivity index (χ3n) is 4.23. The van der Waals surface area contributed by atoms with Gasteiger partial charge in [-0.05, 0) is 74.0 Å². The molecule has 0 radical (unpaired) electrons. The van der Waals surface area contributed by atoms with Crippen LogP contribution in [-0.2, 0) is 10.0 Å². The van der Waals surface area contributed by atoms with E-state index >= 15 is 0 Å². The van der Waals surface area contributed by atoms with Crippen molar-refractivity contribution in [2.45, 2.75) is 18.7 Å². The Morgan fingerprint density at radius 3 is 2.43 bits per heavy atom. The van der Waals surface area contributed by atoms with Gasteiger partial charge in [0.05, 0.1) is 17.2 Å². The zero-order chi connectivity index (χ0) is 21.7. The molecule has 0 atom stereocenters. The van der Waals surface area contributed by atoms with Crippen molar-refractivity contribution in [1.29, 1.82) is 0 Å². The number of anilines is 2. The highest BCUT2D eigenvalue weighted by Gasteiger charge is 2.17. The number of carbonyl (C=O) groups excluding carboxylic acids is 1. The molecule has 0 heterocycles. The molecule has 1 amide bonds.